The molecule has 0 aromatic carbocycles. The maximum atomic E-state index is 10.0. The van der Waals surface area contributed by atoms with Gasteiger partial charge in [0.2, 0.25) is 0 Å². The molecule has 0 aromatic rings. The Balaban J connectivity index is 1.52. The molecule has 1 N–H and O–H groups in total. The fourth-order valence-electron chi connectivity index (χ4n) is 3.09. The zero-order chi connectivity index (χ0) is 11.4. The fourth-order valence-corrected chi connectivity index (χ4v) is 3.09. The van der Waals surface area contributed by atoms with Crippen LogP contribution in [0.5, 0.6) is 0 Å². The van der Waals surface area contributed by atoms with Crippen LogP contribution in [0, 0.1) is 0 Å². The van der Waals surface area contributed by atoms with Crippen LogP contribution in [0.15, 0.2) is 0 Å². The van der Waals surface area contributed by atoms with E-state index in [1.165, 1.54) is 45.4 Å². The van der Waals surface area contributed by atoms with Gasteiger partial charge in [0.15, 0.2) is 0 Å². The Labute approximate surface area is 99.4 Å². The van der Waals surface area contributed by atoms with Crippen molar-refractivity contribution in [3.63, 3.8) is 0 Å². The van der Waals surface area contributed by atoms with E-state index in [1.807, 2.05) is 0 Å². The minimum Gasteiger partial charge on any atom is -0.387 e. The first-order valence-corrected chi connectivity index (χ1v) is 6.89. The Kier molecular flexibility index (Phi) is 4.22. The smallest absolute Gasteiger partial charge is 0.0900 e. The summed E-state index contributed by atoms with van der Waals surface area (Å²) >= 11 is 0. The monoisotopic (exact) mass is 226 g/mol. The van der Waals surface area contributed by atoms with E-state index < -0.39 is 0 Å². The van der Waals surface area contributed by atoms with Crippen LogP contribution in [-0.2, 0) is 0 Å². The molecule has 2 heterocycles. The Morgan fingerprint density at radius 3 is 2.31 bits per heavy atom. The molecule has 0 radical (unpaired) electrons. The quantitative estimate of drug-likeness (QED) is 0.740. The largest absolute Gasteiger partial charge is 0.387 e. The van der Waals surface area contributed by atoms with Gasteiger partial charge in [-0.1, -0.05) is 13.3 Å². The van der Waals surface area contributed by atoms with Crippen LogP contribution in [0.2, 0.25) is 0 Å². The van der Waals surface area contributed by atoms with Crippen LogP contribution in [0.4, 0.5) is 0 Å². The highest BCUT2D eigenvalue weighted by Crippen LogP contribution is 2.25. The molecule has 0 spiro atoms. The summed E-state index contributed by atoms with van der Waals surface area (Å²) in [5, 5.41) is 10.0. The van der Waals surface area contributed by atoms with Gasteiger partial charge in [-0.05, 0) is 51.9 Å². The first kappa shape index (κ1) is 12.3. The molecule has 0 amide bonds. The number of β-amino-alcohol motifs (C(OH)–C–C–N with tert-alkyl or cyclic N) is 1. The molecule has 94 valence electrons. The second kappa shape index (κ2) is 5.48. The van der Waals surface area contributed by atoms with E-state index in [1.54, 1.807) is 0 Å². The normalized spacial score (nSPS) is 25.9. The molecule has 16 heavy (non-hydrogen) atoms. The third-order valence-electron chi connectivity index (χ3n) is 3.90. The molecule has 2 fully saturated rings. The Morgan fingerprint density at radius 2 is 1.69 bits per heavy atom. The first-order chi connectivity index (χ1) is 7.72. The summed E-state index contributed by atoms with van der Waals surface area (Å²) in [5.74, 6) is 0. The van der Waals surface area contributed by atoms with Gasteiger partial charge < -0.3 is 10.0 Å². The second-order valence-electron chi connectivity index (χ2n) is 5.59. The molecule has 2 saturated heterocycles. The van der Waals surface area contributed by atoms with Gasteiger partial charge in [0.25, 0.3) is 0 Å². The highest BCUT2D eigenvalue weighted by atomic mass is 16.3. The summed E-state index contributed by atoms with van der Waals surface area (Å²) in [6.07, 6.45) is 6.11. The Morgan fingerprint density at radius 1 is 1.06 bits per heavy atom. The van der Waals surface area contributed by atoms with E-state index >= 15 is 0 Å². The number of hydrogen-bond acceptors (Lipinski definition) is 3. The summed E-state index contributed by atoms with van der Waals surface area (Å²) in [7, 11) is 0. The molecule has 2 aliphatic heterocycles. The van der Waals surface area contributed by atoms with E-state index in [0.717, 1.165) is 25.9 Å². The van der Waals surface area contributed by atoms with Crippen molar-refractivity contribution in [3.8, 4) is 0 Å². The molecule has 0 bridgehead atoms. The minimum atomic E-state index is -0.345. The average molecular weight is 226 g/mol. The summed E-state index contributed by atoms with van der Waals surface area (Å²) in [4.78, 5) is 4.96. The van der Waals surface area contributed by atoms with E-state index in [4.69, 9.17) is 0 Å². The van der Waals surface area contributed by atoms with Crippen LogP contribution < -0.4 is 0 Å². The minimum absolute atomic E-state index is 0.345. The van der Waals surface area contributed by atoms with Crippen LogP contribution in [0.1, 0.15) is 39.0 Å². The first-order valence-electron chi connectivity index (χ1n) is 6.89. The van der Waals surface area contributed by atoms with Crippen molar-refractivity contribution >= 4 is 0 Å². The Bertz CT molecular complexity index is 208. The molecule has 3 nitrogen and oxygen atoms in total. The molecule has 0 aliphatic carbocycles. The van der Waals surface area contributed by atoms with E-state index in [0.29, 0.717) is 0 Å². The number of hydrogen-bond donors (Lipinski definition) is 1. The van der Waals surface area contributed by atoms with Gasteiger partial charge in [-0.25, -0.2) is 0 Å². The van der Waals surface area contributed by atoms with Crippen molar-refractivity contribution in [3.05, 3.63) is 0 Å². The number of aliphatic hydroxyl groups is 1. The van der Waals surface area contributed by atoms with Crippen LogP contribution in [0.3, 0.4) is 0 Å². The molecule has 2 rings (SSSR count). The molecule has 3 heteroatoms. The maximum absolute atomic E-state index is 10.0. The van der Waals surface area contributed by atoms with Crippen molar-refractivity contribution < 1.29 is 5.11 Å². The van der Waals surface area contributed by atoms with E-state index in [2.05, 4.69) is 16.7 Å². The third kappa shape index (κ3) is 3.19. The van der Waals surface area contributed by atoms with Crippen LogP contribution >= 0.6 is 0 Å². The van der Waals surface area contributed by atoms with Crippen molar-refractivity contribution in [2.45, 2.75) is 44.6 Å². The molecular weight excluding hydrogens is 200 g/mol. The van der Waals surface area contributed by atoms with E-state index in [9.17, 15) is 5.11 Å². The van der Waals surface area contributed by atoms with Crippen molar-refractivity contribution in [1.82, 2.24) is 9.80 Å². The van der Waals surface area contributed by atoms with Gasteiger partial charge in [-0.2, -0.15) is 0 Å². The van der Waals surface area contributed by atoms with E-state index in [-0.39, 0.29) is 5.60 Å². The van der Waals surface area contributed by atoms with Gasteiger partial charge in [-0.15, -0.1) is 0 Å². The zero-order valence-corrected chi connectivity index (χ0v) is 10.6. The summed E-state index contributed by atoms with van der Waals surface area (Å²) < 4.78 is 0. The van der Waals surface area contributed by atoms with Crippen LogP contribution in [-0.4, -0.2) is 59.8 Å². The topological polar surface area (TPSA) is 26.7 Å². The standard InChI is InChI=1S/C13H26N2O/c1-2-6-13(16)11-15(12-13)10-5-9-14-7-3-4-8-14/h16H,2-12H2,1H3. The molecular formula is C13H26N2O. The van der Waals surface area contributed by atoms with Gasteiger partial charge in [0.05, 0.1) is 5.60 Å². The van der Waals surface area contributed by atoms with Crippen LogP contribution in [0.25, 0.3) is 0 Å². The predicted molar refractivity (Wildman–Crippen MR) is 66.6 cm³/mol. The summed E-state index contributed by atoms with van der Waals surface area (Å²) in [6, 6.07) is 0. The predicted octanol–water partition coefficient (Wildman–Crippen LogP) is 1.32. The summed E-state index contributed by atoms with van der Waals surface area (Å²) in [6.45, 7) is 8.99. The van der Waals surface area contributed by atoms with Gasteiger partial charge in [0.1, 0.15) is 0 Å². The van der Waals surface area contributed by atoms with Crippen molar-refractivity contribution in [2.75, 3.05) is 39.3 Å². The highest BCUT2D eigenvalue weighted by Gasteiger charge is 2.39. The zero-order valence-electron chi connectivity index (χ0n) is 10.6. The number of rotatable bonds is 6. The van der Waals surface area contributed by atoms with Gasteiger partial charge >= 0.3 is 0 Å². The fraction of sp³-hybridized carbons (Fsp3) is 1.00. The molecule has 0 aromatic heterocycles. The van der Waals surface area contributed by atoms with Crippen molar-refractivity contribution in [2.24, 2.45) is 0 Å². The van der Waals surface area contributed by atoms with Gasteiger partial charge in [-0.3, -0.25) is 4.90 Å². The summed E-state index contributed by atoms with van der Waals surface area (Å²) in [5.41, 5.74) is -0.345. The molecule has 0 atom stereocenters. The second-order valence-corrected chi connectivity index (χ2v) is 5.59. The Hall–Kier alpha value is -0.120. The lowest BCUT2D eigenvalue weighted by molar-refractivity contribution is -0.103. The highest BCUT2D eigenvalue weighted by molar-refractivity contribution is 4.94. The lowest BCUT2D eigenvalue weighted by Gasteiger charge is -2.46. The van der Waals surface area contributed by atoms with Gasteiger partial charge in [0, 0.05) is 13.1 Å². The lowest BCUT2D eigenvalue weighted by atomic mass is 9.89. The molecule has 2 aliphatic rings. The maximum Gasteiger partial charge on any atom is 0.0900 e. The SMILES string of the molecule is CCCC1(O)CN(CCCN2CCCC2)C1. The molecule has 0 saturated carbocycles. The lowest BCUT2D eigenvalue weighted by Crippen LogP contribution is -2.61. The third-order valence-corrected chi connectivity index (χ3v) is 3.90. The number of nitrogens with zero attached hydrogens (tertiary/aromatic N) is 2. The molecule has 0 unspecified atom stereocenters. The number of likely N-dealkylation sites (tertiary alicyclic amines) is 2. The van der Waals surface area contributed by atoms with Crippen molar-refractivity contribution in [1.29, 1.82) is 0 Å². The average Bonchev–Trinajstić information content (AvgIpc) is 2.68.